The molecule has 0 rings (SSSR count). The Hall–Kier alpha value is -0.0800. The molecule has 0 aromatic carbocycles. The lowest BCUT2D eigenvalue weighted by molar-refractivity contribution is 0.252. The summed E-state index contributed by atoms with van der Waals surface area (Å²) in [5, 5.41) is 3.58. The average molecular weight is 242 g/mol. The van der Waals surface area contributed by atoms with E-state index in [1.54, 1.807) is 0 Å². The van der Waals surface area contributed by atoms with E-state index in [1.165, 1.54) is 25.7 Å². The lowest BCUT2D eigenvalue weighted by Crippen LogP contribution is -2.30. The molecule has 0 aliphatic rings. The minimum atomic E-state index is 0.415. The summed E-state index contributed by atoms with van der Waals surface area (Å²) in [7, 11) is 0. The van der Waals surface area contributed by atoms with Crippen molar-refractivity contribution in [1.29, 1.82) is 0 Å². The van der Waals surface area contributed by atoms with Gasteiger partial charge in [0.1, 0.15) is 0 Å². The highest BCUT2D eigenvalue weighted by Gasteiger charge is 2.18. The fourth-order valence-electron chi connectivity index (χ4n) is 1.93. The van der Waals surface area contributed by atoms with Crippen LogP contribution in [0, 0.1) is 17.3 Å². The Morgan fingerprint density at radius 1 is 1.18 bits per heavy atom. The molecule has 2 unspecified atom stereocenters. The molecule has 0 heterocycles. The van der Waals surface area contributed by atoms with Gasteiger partial charge in [-0.1, -0.05) is 41.0 Å². The molecule has 0 aromatic heterocycles. The third-order valence-electron chi connectivity index (χ3n) is 4.05. The summed E-state index contributed by atoms with van der Waals surface area (Å²) >= 11 is 0. The van der Waals surface area contributed by atoms with Crippen LogP contribution in [0.1, 0.15) is 60.3 Å². The van der Waals surface area contributed by atoms with Gasteiger partial charge in [0.05, 0.1) is 0 Å². The van der Waals surface area contributed by atoms with E-state index in [4.69, 9.17) is 5.73 Å². The molecule has 2 atom stereocenters. The zero-order valence-corrected chi connectivity index (χ0v) is 12.7. The minimum absolute atomic E-state index is 0.415. The molecule has 0 aliphatic carbocycles. The Kier molecular flexibility index (Phi) is 8.89. The lowest BCUT2D eigenvalue weighted by Gasteiger charge is -2.27. The van der Waals surface area contributed by atoms with Gasteiger partial charge in [0.15, 0.2) is 0 Å². The van der Waals surface area contributed by atoms with Gasteiger partial charge in [0.25, 0.3) is 0 Å². The van der Waals surface area contributed by atoms with Gasteiger partial charge < -0.3 is 11.1 Å². The van der Waals surface area contributed by atoms with E-state index in [1.807, 2.05) is 0 Å². The zero-order valence-electron chi connectivity index (χ0n) is 12.7. The van der Waals surface area contributed by atoms with E-state index >= 15 is 0 Å². The lowest BCUT2D eigenvalue weighted by atomic mass is 9.82. The standard InChI is InChI=1S/C15H34N2/c1-6-14(9-10-16)8-7-11-17-12-13(2)15(3,4)5/h13-14,17H,6-12,16H2,1-5H3. The maximum atomic E-state index is 5.61. The second-order valence-electron chi connectivity index (χ2n) is 6.47. The smallest absolute Gasteiger partial charge is 0.00182 e. The van der Waals surface area contributed by atoms with Crippen molar-refractivity contribution in [2.75, 3.05) is 19.6 Å². The molecule has 2 heteroatoms. The number of nitrogens with one attached hydrogen (secondary N) is 1. The van der Waals surface area contributed by atoms with Gasteiger partial charge in [-0.05, 0) is 56.1 Å². The zero-order chi connectivity index (χ0) is 13.3. The number of hydrogen-bond donors (Lipinski definition) is 2. The van der Waals surface area contributed by atoms with Gasteiger partial charge in [-0.2, -0.15) is 0 Å². The third kappa shape index (κ3) is 8.62. The van der Waals surface area contributed by atoms with Crippen molar-refractivity contribution in [3.63, 3.8) is 0 Å². The molecule has 0 spiro atoms. The predicted octanol–water partition coefficient (Wildman–Crippen LogP) is 3.41. The Balaban J connectivity index is 3.52. The molecule has 0 aliphatic heterocycles. The molecule has 2 nitrogen and oxygen atoms in total. The van der Waals surface area contributed by atoms with Gasteiger partial charge in [0.2, 0.25) is 0 Å². The summed E-state index contributed by atoms with van der Waals surface area (Å²) in [6, 6.07) is 0. The van der Waals surface area contributed by atoms with Crippen LogP contribution < -0.4 is 11.1 Å². The van der Waals surface area contributed by atoms with Crippen LogP contribution in [0.4, 0.5) is 0 Å². The summed E-state index contributed by atoms with van der Waals surface area (Å²) < 4.78 is 0. The van der Waals surface area contributed by atoms with Crippen LogP contribution in [-0.4, -0.2) is 19.6 Å². The Morgan fingerprint density at radius 2 is 1.82 bits per heavy atom. The second-order valence-corrected chi connectivity index (χ2v) is 6.47. The van der Waals surface area contributed by atoms with Gasteiger partial charge >= 0.3 is 0 Å². The van der Waals surface area contributed by atoms with Crippen molar-refractivity contribution >= 4 is 0 Å². The summed E-state index contributed by atoms with van der Waals surface area (Å²) in [6.07, 6.45) is 5.07. The Morgan fingerprint density at radius 3 is 2.29 bits per heavy atom. The predicted molar refractivity (Wildman–Crippen MR) is 78.2 cm³/mol. The Labute approximate surface area is 109 Å². The van der Waals surface area contributed by atoms with Crippen LogP contribution in [0.5, 0.6) is 0 Å². The SMILES string of the molecule is CCC(CCN)CCCNCC(C)C(C)(C)C. The Bertz CT molecular complexity index is 172. The van der Waals surface area contributed by atoms with Crippen molar-refractivity contribution in [1.82, 2.24) is 5.32 Å². The van der Waals surface area contributed by atoms with Gasteiger partial charge in [-0.25, -0.2) is 0 Å². The summed E-state index contributed by atoms with van der Waals surface area (Å²) in [5.74, 6) is 1.57. The van der Waals surface area contributed by atoms with E-state index < -0.39 is 0 Å². The maximum Gasteiger partial charge on any atom is -0.00182 e. The van der Waals surface area contributed by atoms with E-state index in [0.717, 1.165) is 31.5 Å². The monoisotopic (exact) mass is 242 g/mol. The number of hydrogen-bond acceptors (Lipinski definition) is 2. The average Bonchev–Trinajstić information content (AvgIpc) is 2.25. The largest absolute Gasteiger partial charge is 0.330 e. The quantitative estimate of drug-likeness (QED) is 0.608. The van der Waals surface area contributed by atoms with Crippen molar-refractivity contribution in [2.45, 2.75) is 60.3 Å². The first kappa shape index (κ1) is 16.9. The van der Waals surface area contributed by atoms with Crippen molar-refractivity contribution in [2.24, 2.45) is 23.0 Å². The highest BCUT2D eigenvalue weighted by Crippen LogP contribution is 2.24. The first-order chi connectivity index (χ1) is 7.91. The topological polar surface area (TPSA) is 38.0 Å². The van der Waals surface area contributed by atoms with E-state index in [0.29, 0.717) is 5.41 Å². The molecule has 0 bridgehead atoms. The van der Waals surface area contributed by atoms with Crippen LogP contribution in [0.25, 0.3) is 0 Å². The van der Waals surface area contributed by atoms with Gasteiger partial charge in [-0.15, -0.1) is 0 Å². The fraction of sp³-hybridized carbons (Fsp3) is 1.00. The first-order valence-electron chi connectivity index (χ1n) is 7.32. The second kappa shape index (κ2) is 8.93. The molecule has 0 aromatic rings. The van der Waals surface area contributed by atoms with Crippen LogP contribution in [0.15, 0.2) is 0 Å². The van der Waals surface area contributed by atoms with Crippen molar-refractivity contribution < 1.29 is 0 Å². The molecular formula is C15H34N2. The summed E-state index contributed by atoms with van der Waals surface area (Å²) in [5.41, 5.74) is 6.02. The molecule has 0 radical (unpaired) electrons. The molecule has 3 N–H and O–H groups in total. The van der Waals surface area contributed by atoms with Crippen LogP contribution in [0.2, 0.25) is 0 Å². The third-order valence-corrected chi connectivity index (χ3v) is 4.05. The van der Waals surface area contributed by atoms with Crippen molar-refractivity contribution in [3.05, 3.63) is 0 Å². The molecular weight excluding hydrogens is 208 g/mol. The highest BCUT2D eigenvalue weighted by molar-refractivity contribution is 4.71. The van der Waals surface area contributed by atoms with E-state index in [-0.39, 0.29) is 0 Å². The van der Waals surface area contributed by atoms with Crippen LogP contribution in [-0.2, 0) is 0 Å². The first-order valence-corrected chi connectivity index (χ1v) is 7.32. The normalized spacial score (nSPS) is 15.9. The maximum absolute atomic E-state index is 5.61. The van der Waals surface area contributed by atoms with Gasteiger partial charge in [-0.3, -0.25) is 0 Å². The van der Waals surface area contributed by atoms with Crippen molar-refractivity contribution in [3.8, 4) is 0 Å². The molecule has 0 amide bonds. The minimum Gasteiger partial charge on any atom is -0.330 e. The highest BCUT2D eigenvalue weighted by atomic mass is 14.9. The van der Waals surface area contributed by atoms with E-state index in [9.17, 15) is 0 Å². The van der Waals surface area contributed by atoms with Crippen LogP contribution >= 0.6 is 0 Å². The fourth-order valence-corrected chi connectivity index (χ4v) is 1.93. The molecule has 0 saturated carbocycles. The number of rotatable bonds is 9. The molecule has 0 saturated heterocycles. The van der Waals surface area contributed by atoms with Gasteiger partial charge in [0, 0.05) is 0 Å². The van der Waals surface area contributed by atoms with E-state index in [2.05, 4.69) is 39.9 Å². The summed E-state index contributed by atoms with van der Waals surface area (Å²) in [4.78, 5) is 0. The number of nitrogens with two attached hydrogens (primary N) is 1. The molecule has 0 fully saturated rings. The molecule has 17 heavy (non-hydrogen) atoms. The molecule has 104 valence electrons. The van der Waals surface area contributed by atoms with Crippen LogP contribution in [0.3, 0.4) is 0 Å². The summed E-state index contributed by atoms with van der Waals surface area (Å²) in [6.45, 7) is 14.7.